The Kier molecular flexibility index (Phi) is 5.49. The molecule has 176 valence electrons. The Labute approximate surface area is 195 Å². The monoisotopic (exact) mass is 450 g/mol. The number of fused-ring (bicyclic) bond motifs is 5. The fraction of sp³-hybridized carbons (Fsp3) is 0.607. The summed E-state index contributed by atoms with van der Waals surface area (Å²) in [5, 5.41) is 0. The summed E-state index contributed by atoms with van der Waals surface area (Å²) in [6, 6.07) is 9.26. The highest BCUT2D eigenvalue weighted by Gasteiger charge is 2.62. The van der Waals surface area contributed by atoms with Gasteiger partial charge < -0.3 is 9.47 Å². The quantitative estimate of drug-likeness (QED) is 0.596. The highest BCUT2D eigenvalue weighted by molar-refractivity contribution is 5.96. The van der Waals surface area contributed by atoms with Crippen LogP contribution in [0.2, 0.25) is 0 Å². The van der Waals surface area contributed by atoms with E-state index < -0.39 is 6.10 Å². The van der Waals surface area contributed by atoms with Gasteiger partial charge in [-0.25, -0.2) is 4.79 Å². The molecule has 0 aliphatic heterocycles. The summed E-state index contributed by atoms with van der Waals surface area (Å²) in [5.74, 6) is 0.821. The van der Waals surface area contributed by atoms with Crippen LogP contribution in [0.1, 0.15) is 69.7 Å². The molecule has 0 heterocycles. The van der Waals surface area contributed by atoms with Crippen LogP contribution in [0, 0.1) is 34.5 Å². The van der Waals surface area contributed by atoms with Crippen LogP contribution >= 0.6 is 0 Å². The lowest BCUT2D eigenvalue weighted by Crippen LogP contribution is -2.57. The minimum Gasteiger partial charge on any atom is -0.458 e. The standard InChI is InChI=1S/C28H34O5/c1-17(29)32-25-22-10-9-19-20-11-12-24(33-26(31)18-7-5-4-6-8-18)28(20,3)15-13-21(19)27(22,2)16-14-23(25)30/h4-8,14,16,19-22,24-25H,9-13,15H2,1-3H3/t19-,20-,21-,22-,24-,25+,27+,28-/m0/s1. The highest BCUT2D eigenvalue weighted by Crippen LogP contribution is 2.65. The Hall–Kier alpha value is -2.43. The predicted molar refractivity (Wildman–Crippen MR) is 123 cm³/mol. The van der Waals surface area contributed by atoms with Crippen molar-refractivity contribution < 1.29 is 23.9 Å². The average Bonchev–Trinajstić information content (AvgIpc) is 3.12. The summed E-state index contributed by atoms with van der Waals surface area (Å²) in [6.45, 7) is 5.97. The van der Waals surface area contributed by atoms with Gasteiger partial charge >= 0.3 is 11.9 Å². The van der Waals surface area contributed by atoms with E-state index in [0.717, 1.165) is 38.5 Å². The molecule has 4 aliphatic carbocycles. The van der Waals surface area contributed by atoms with Crippen molar-refractivity contribution in [1.82, 2.24) is 0 Å². The Morgan fingerprint density at radius 1 is 0.909 bits per heavy atom. The molecule has 33 heavy (non-hydrogen) atoms. The van der Waals surface area contributed by atoms with E-state index in [1.165, 1.54) is 6.92 Å². The minimum atomic E-state index is -0.657. The maximum atomic E-state index is 12.8. The zero-order chi connectivity index (χ0) is 23.4. The largest absolute Gasteiger partial charge is 0.458 e. The number of hydrogen-bond donors (Lipinski definition) is 0. The number of ether oxygens (including phenoxy) is 2. The minimum absolute atomic E-state index is 0.0156. The molecule has 5 nitrogen and oxygen atoms in total. The molecule has 8 atom stereocenters. The van der Waals surface area contributed by atoms with Gasteiger partial charge in [0.05, 0.1) is 5.56 Å². The normalized spacial score (nSPS) is 41.5. The van der Waals surface area contributed by atoms with Crippen molar-refractivity contribution in [2.45, 2.75) is 71.5 Å². The molecule has 3 saturated carbocycles. The topological polar surface area (TPSA) is 69.7 Å². The second kappa shape index (κ2) is 8.11. The number of carbonyl (C=O) groups is 3. The zero-order valence-electron chi connectivity index (χ0n) is 19.8. The maximum Gasteiger partial charge on any atom is 0.338 e. The molecule has 1 aromatic carbocycles. The fourth-order valence-electron chi connectivity index (χ4n) is 7.94. The Balaban J connectivity index is 1.37. The lowest BCUT2D eigenvalue weighted by atomic mass is 9.46. The van der Waals surface area contributed by atoms with Crippen LogP contribution in [0.25, 0.3) is 0 Å². The van der Waals surface area contributed by atoms with Crippen molar-refractivity contribution in [3.8, 4) is 0 Å². The predicted octanol–water partition coefficient (Wildman–Crippen LogP) is 5.14. The van der Waals surface area contributed by atoms with Crippen molar-refractivity contribution in [3.63, 3.8) is 0 Å². The first kappa shape index (κ1) is 22.4. The lowest BCUT2D eigenvalue weighted by Gasteiger charge is -2.59. The van der Waals surface area contributed by atoms with E-state index in [9.17, 15) is 14.4 Å². The molecule has 1 aromatic rings. The van der Waals surface area contributed by atoms with E-state index in [1.807, 2.05) is 30.3 Å². The number of allylic oxidation sites excluding steroid dienone is 1. The third-order valence-corrected chi connectivity index (χ3v) is 9.56. The molecule has 5 rings (SSSR count). The Morgan fingerprint density at radius 2 is 1.64 bits per heavy atom. The average molecular weight is 451 g/mol. The van der Waals surface area contributed by atoms with Crippen LogP contribution in [0.5, 0.6) is 0 Å². The Morgan fingerprint density at radius 3 is 2.36 bits per heavy atom. The maximum absolute atomic E-state index is 12.8. The molecular formula is C28H34O5. The van der Waals surface area contributed by atoms with Gasteiger partial charge in [-0.1, -0.05) is 38.1 Å². The summed E-state index contributed by atoms with van der Waals surface area (Å²) >= 11 is 0. The summed E-state index contributed by atoms with van der Waals surface area (Å²) in [5.41, 5.74) is 0.440. The van der Waals surface area contributed by atoms with Gasteiger partial charge in [0, 0.05) is 18.3 Å². The van der Waals surface area contributed by atoms with Gasteiger partial charge in [-0.05, 0) is 79.9 Å². The van der Waals surface area contributed by atoms with Gasteiger partial charge in [-0.15, -0.1) is 0 Å². The van der Waals surface area contributed by atoms with Crippen LogP contribution in [0.15, 0.2) is 42.5 Å². The van der Waals surface area contributed by atoms with Crippen molar-refractivity contribution >= 4 is 17.7 Å². The van der Waals surface area contributed by atoms with Crippen molar-refractivity contribution in [2.24, 2.45) is 34.5 Å². The van der Waals surface area contributed by atoms with Crippen LogP contribution < -0.4 is 0 Å². The van der Waals surface area contributed by atoms with Gasteiger partial charge in [0.25, 0.3) is 0 Å². The molecule has 3 fully saturated rings. The van der Waals surface area contributed by atoms with Crippen LogP contribution in [0.3, 0.4) is 0 Å². The van der Waals surface area contributed by atoms with Gasteiger partial charge in [-0.2, -0.15) is 0 Å². The smallest absolute Gasteiger partial charge is 0.338 e. The summed E-state index contributed by atoms with van der Waals surface area (Å²) in [6.07, 6.45) is 8.99. The molecule has 0 spiro atoms. The SMILES string of the molecule is CC(=O)O[C@H]1C(=O)C=C[C@]2(C)[C@H]3CC[C@]4(C)[C@@H](OC(=O)c5ccccc5)CC[C@H]4[C@@H]3CC[C@@H]12. The third kappa shape index (κ3) is 3.55. The van der Waals surface area contributed by atoms with E-state index in [4.69, 9.17) is 9.47 Å². The van der Waals surface area contributed by atoms with Crippen LogP contribution in [-0.4, -0.2) is 29.9 Å². The highest BCUT2D eigenvalue weighted by atomic mass is 16.5. The van der Waals surface area contributed by atoms with E-state index in [-0.39, 0.29) is 40.6 Å². The van der Waals surface area contributed by atoms with Crippen LogP contribution in [0.4, 0.5) is 0 Å². The Bertz CT molecular complexity index is 983. The number of carbonyl (C=O) groups excluding carboxylic acids is 3. The van der Waals surface area contributed by atoms with Crippen LogP contribution in [-0.2, 0) is 19.1 Å². The van der Waals surface area contributed by atoms with E-state index >= 15 is 0 Å². The van der Waals surface area contributed by atoms with E-state index in [0.29, 0.717) is 23.3 Å². The number of esters is 2. The van der Waals surface area contributed by atoms with Gasteiger partial charge in [0.2, 0.25) is 0 Å². The molecule has 0 radical (unpaired) electrons. The van der Waals surface area contributed by atoms with Gasteiger partial charge in [-0.3, -0.25) is 9.59 Å². The van der Waals surface area contributed by atoms with E-state index in [2.05, 4.69) is 19.9 Å². The summed E-state index contributed by atoms with van der Waals surface area (Å²) in [7, 11) is 0. The van der Waals surface area contributed by atoms with Crippen molar-refractivity contribution in [2.75, 3.05) is 0 Å². The molecule has 0 bridgehead atoms. The second-order valence-electron chi connectivity index (χ2n) is 11.1. The molecule has 0 saturated heterocycles. The number of hydrogen-bond acceptors (Lipinski definition) is 5. The number of rotatable bonds is 3. The summed E-state index contributed by atoms with van der Waals surface area (Å²) < 4.78 is 11.6. The van der Waals surface area contributed by atoms with Crippen molar-refractivity contribution in [1.29, 1.82) is 0 Å². The number of ketones is 1. The van der Waals surface area contributed by atoms with Gasteiger partial charge in [0.1, 0.15) is 6.10 Å². The molecule has 0 unspecified atom stereocenters. The molecular weight excluding hydrogens is 416 g/mol. The molecule has 5 heteroatoms. The first-order valence-corrected chi connectivity index (χ1v) is 12.4. The molecule has 0 amide bonds. The second-order valence-corrected chi connectivity index (χ2v) is 11.1. The number of benzene rings is 1. The lowest BCUT2D eigenvalue weighted by molar-refractivity contribution is -0.167. The zero-order valence-corrected chi connectivity index (χ0v) is 19.8. The van der Waals surface area contributed by atoms with Gasteiger partial charge in [0.15, 0.2) is 11.9 Å². The summed E-state index contributed by atoms with van der Waals surface area (Å²) in [4.78, 5) is 37.1. The first-order chi connectivity index (χ1) is 15.7. The third-order valence-electron chi connectivity index (χ3n) is 9.56. The molecule has 0 N–H and O–H groups in total. The fourth-order valence-corrected chi connectivity index (χ4v) is 7.94. The van der Waals surface area contributed by atoms with Crippen molar-refractivity contribution in [3.05, 3.63) is 48.0 Å². The molecule has 0 aromatic heterocycles. The molecule has 4 aliphatic rings. The first-order valence-electron chi connectivity index (χ1n) is 12.4. The van der Waals surface area contributed by atoms with E-state index in [1.54, 1.807) is 6.08 Å².